The third-order valence-corrected chi connectivity index (χ3v) is 4.67. The van der Waals surface area contributed by atoms with E-state index < -0.39 is 11.7 Å². The number of nitrogens with zero attached hydrogens (tertiary/aromatic N) is 3. The molecule has 1 aromatic heterocycles. The molecule has 0 spiro atoms. The Kier molecular flexibility index (Phi) is 4.74. The lowest BCUT2D eigenvalue weighted by Gasteiger charge is -2.35. The number of hydrogen-bond acceptors (Lipinski definition) is 6. The number of nitrogens with one attached hydrogen (secondary N) is 1. The number of aromatic nitrogens is 2. The molecule has 134 valence electrons. The summed E-state index contributed by atoms with van der Waals surface area (Å²) >= 11 is 3.34. The first-order valence-corrected chi connectivity index (χ1v) is 8.28. The van der Waals surface area contributed by atoms with E-state index in [1.807, 2.05) is 4.90 Å². The molecule has 0 amide bonds. The van der Waals surface area contributed by atoms with Gasteiger partial charge >= 0.3 is 6.18 Å². The molecule has 1 aliphatic rings. The van der Waals surface area contributed by atoms with Crippen LogP contribution >= 0.6 is 15.9 Å². The molecule has 1 aliphatic heterocycles. The smallest absolute Gasteiger partial charge is 0.383 e. The third kappa shape index (κ3) is 3.96. The minimum Gasteiger partial charge on any atom is -0.383 e. The maximum atomic E-state index is 13.0. The highest BCUT2D eigenvalue weighted by molar-refractivity contribution is 9.10. The SMILES string of the molecule is Nc1cc(N2CCN[C@H](c3cc(C(F)(F)F)ccc3Br)C2)nc(N)n1. The van der Waals surface area contributed by atoms with Crippen LogP contribution < -0.4 is 21.7 Å². The van der Waals surface area contributed by atoms with E-state index >= 15 is 0 Å². The molecule has 1 atom stereocenters. The minimum absolute atomic E-state index is 0.0605. The second-order valence-electron chi connectivity index (χ2n) is 5.70. The zero-order valence-electron chi connectivity index (χ0n) is 13.0. The average Bonchev–Trinajstić information content (AvgIpc) is 2.53. The summed E-state index contributed by atoms with van der Waals surface area (Å²) in [4.78, 5) is 9.91. The largest absolute Gasteiger partial charge is 0.416 e. The maximum Gasteiger partial charge on any atom is 0.416 e. The number of nitrogen functional groups attached to an aromatic ring is 2. The van der Waals surface area contributed by atoms with Crippen LogP contribution in [0.3, 0.4) is 0 Å². The topological polar surface area (TPSA) is 93.1 Å². The molecule has 2 heterocycles. The molecule has 0 saturated carbocycles. The third-order valence-electron chi connectivity index (χ3n) is 3.95. The lowest BCUT2D eigenvalue weighted by atomic mass is 10.0. The first kappa shape index (κ1) is 17.7. The molecule has 0 unspecified atom stereocenters. The Morgan fingerprint density at radius 2 is 1.96 bits per heavy atom. The molecule has 0 radical (unpaired) electrons. The molecule has 1 aromatic carbocycles. The molecule has 2 aromatic rings. The van der Waals surface area contributed by atoms with Gasteiger partial charge in [-0.2, -0.15) is 23.1 Å². The van der Waals surface area contributed by atoms with Crippen molar-refractivity contribution in [2.45, 2.75) is 12.2 Å². The van der Waals surface area contributed by atoms with Gasteiger partial charge in [0.15, 0.2) is 0 Å². The van der Waals surface area contributed by atoms with E-state index in [9.17, 15) is 13.2 Å². The van der Waals surface area contributed by atoms with E-state index in [0.717, 1.165) is 12.1 Å². The van der Waals surface area contributed by atoms with E-state index in [4.69, 9.17) is 11.5 Å². The summed E-state index contributed by atoms with van der Waals surface area (Å²) < 4.78 is 39.6. The monoisotopic (exact) mass is 416 g/mol. The number of anilines is 3. The molecule has 6 nitrogen and oxygen atoms in total. The summed E-state index contributed by atoms with van der Waals surface area (Å²) in [6.45, 7) is 1.63. The van der Waals surface area contributed by atoms with E-state index in [2.05, 4.69) is 31.2 Å². The molecule has 1 fully saturated rings. The van der Waals surface area contributed by atoms with Crippen LogP contribution in [0.15, 0.2) is 28.7 Å². The van der Waals surface area contributed by atoms with Crippen LogP contribution in [0.25, 0.3) is 0 Å². The van der Waals surface area contributed by atoms with Crippen LogP contribution in [-0.4, -0.2) is 29.6 Å². The second-order valence-corrected chi connectivity index (χ2v) is 6.55. The Hall–Kier alpha value is -2.07. The lowest BCUT2D eigenvalue weighted by molar-refractivity contribution is -0.137. The summed E-state index contributed by atoms with van der Waals surface area (Å²) in [7, 11) is 0. The number of alkyl halides is 3. The van der Waals surface area contributed by atoms with Gasteiger partial charge in [0.05, 0.1) is 11.6 Å². The molecule has 0 aliphatic carbocycles. The Labute approximate surface area is 150 Å². The van der Waals surface area contributed by atoms with Crippen molar-refractivity contribution in [1.82, 2.24) is 15.3 Å². The van der Waals surface area contributed by atoms with Crippen LogP contribution in [0.1, 0.15) is 17.2 Å². The second kappa shape index (κ2) is 6.68. The van der Waals surface area contributed by atoms with E-state index in [1.165, 1.54) is 6.07 Å². The molecule has 0 bridgehead atoms. The highest BCUT2D eigenvalue weighted by Crippen LogP contribution is 2.35. The van der Waals surface area contributed by atoms with Gasteiger partial charge in [-0.15, -0.1) is 0 Å². The quantitative estimate of drug-likeness (QED) is 0.696. The molecule has 3 rings (SSSR count). The van der Waals surface area contributed by atoms with Gasteiger partial charge in [0.1, 0.15) is 11.6 Å². The number of rotatable bonds is 2. The van der Waals surface area contributed by atoms with Gasteiger partial charge in [-0.25, -0.2) is 0 Å². The molecular weight excluding hydrogens is 401 g/mol. The van der Waals surface area contributed by atoms with Crippen molar-refractivity contribution in [2.75, 3.05) is 36.0 Å². The van der Waals surface area contributed by atoms with Crippen LogP contribution in [0.4, 0.5) is 30.8 Å². The van der Waals surface area contributed by atoms with Crippen molar-refractivity contribution in [1.29, 1.82) is 0 Å². The number of hydrogen-bond donors (Lipinski definition) is 3. The van der Waals surface area contributed by atoms with Crippen molar-refractivity contribution in [2.24, 2.45) is 0 Å². The highest BCUT2D eigenvalue weighted by Gasteiger charge is 2.32. The fourth-order valence-electron chi connectivity index (χ4n) is 2.79. The van der Waals surface area contributed by atoms with Crippen LogP contribution in [0.5, 0.6) is 0 Å². The predicted molar refractivity (Wildman–Crippen MR) is 93.0 cm³/mol. The number of halogens is 4. The van der Waals surface area contributed by atoms with Crippen molar-refractivity contribution in [3.63, 3.8) is 0 Å². The Balaban J connectivity index is 1.89. The van der Waals surface area contributed by atoms with Crippen molar-refractivity contribution in [3.05, 3.63) is 39.9 Å². The molecule has 25 heavy (non-hydrogen) atoms. The molecule has 10 heteroatoms. The van der Waals surface area contributed by atoms with Gasteiger partial charge in [-0.1, -0.05) is 15.9 Å². The molecule has 5 N–H and O–H groups in total. The van der Waals surface area contributed by atoms with Crippen LogP contribution in [0, 0.1) is 0 Å². The van der Waals surface area contributed by atoms with E-state index in [-0.39, 0.29) is 17.8 Å². The number of piperazine rings is 1. The average molecular weight is 417 g/mol. The summed E-state index contributed by atoms with van der Waals surface area (Å²) in [5.41, 5.74) is 11.2. The Morgan fingerprint density at radius 3 is 2.64 bits per heavy atom. The normalized spacial score (nSPS) is 18.4. The van der Waals surface area contributed by atoms with Crippen molar-refractivity contribution >= 4 is 33.5 Å². The predicted octanol–water partition coefficient (Wildman–Crippen LogP) is 2.57. The van der Waals surface area contributed by atoms with Gasteiger partial charge in [0.25, 0.3) is 0 Å². The summed E-state index contributed by atoms with van der Waals surface area (Å²) in [6.07, 6.45) is -4.39. The van der Waals surface area contributed by atoms with Gasteiger partial charge in [-0.05, 0) is 23.8 Å². The van der Waals surface area contributed by atoms with Gasteiger partial charge < -0.3 is 21.7 Å². The molecule has 1 saturated heterocycles. The van der Waals surface area contributed by atoms with Crippen molar-refractivity contribution in [3.8, 4) is 0 Å². The fourth-order valence-corrected chi connectivity index (χ4v) is 3.31. The Bertz CT molecular complexity index is 762. The standard InChI is InChI=1S/C15H16BrF3N6/c16-10-2-1-8(15(17,18)19)5-9(10)11-7-25(4-3-22-11)13-6-12(20)23-14(21)24-13/h1-2,5-6,11,22H,3-4,7H2,(H4,20,21,23,24)/t11-/m0/s1. The maximum absolute atomic E-state index is 13.0. The van der Waals surface area contributed by atoms with Gasteiger partial charge in [0.2, 0.25) is 5.95 Å². The number of benzene rings is 1. The zero-order chi connectivity index (χ0) is 18.2. The summed E-state index contributed by atoms with van der Waals surface area (Å²) in [5, 5.41) is 3.24. The van der Waals surface area contributed by atoms with Crippen LogP contribution in [-0.2, 0) is 6.18 Å². The van der Waals surface area contributed by atoms with Crippen molar-refractivity contribution < 1.29 is 13.2 Å². The van der Waals surface area contributed by atoms with Crippen LogP contribution in [0.2, 0.25) is 0 Å². The fraction of sp³-hybridized carbons (Fsp3) is 0.333. The minimum atomic E-state index is -4.39. The highest BCUT2D eigenvalue weighted by atomic mass is 79.9. The lowest BCUT2D eigenvalue weighted by Crippen LogP contribution is -2.46. The van der Waals surface area contributed by atoms with E-state index in [0.29, 0.717) is 35.5 Å². The van der Waals surface area contributed by atoms with E-state index in [1.54, 1.807) is 6.07 Å². The first-order chi connectivity index (χ1) is 11.7. The zero-order valence-corrected chi connectivity index (χ0v) is 14.6. The number of nitrogens with two attached hydrogens (primary N) is 2. The van der Waals surface area contributed by atoms with Gasteiger partial charge in [0, 0.05) is 30.2 Å². The van der Waals surface area contributed by atoms with Gasteiger partial charge in [-0.3, -0.25) is 0 Å². The summed E-state index contributed by atoms with van der Waals surface area (Å²) in [5.74, 6) is 0.864. The Morgan fingerprint density at radius 1 is 1.20 bits per heavy atom. The summed E-state index contributed by atoms with van der Waals surface area (Å²) in [6, 6.07) is 4.93. The first-order valence-electron chi connectivity index (χ1n) is 7.49. The molecular formula is C15H16BrF3N6.